The summed E-state index contributed by atoms with van der Waals surface area (Å²) >= 11 is 0. The van der Waals surface area contributed by atoms with Crippen LogP contribution in [-0.4, -0.2) is 33.3 Å². The summed E-state index contributed by atoms with van der Waals surface area (Å²) in [5, 5.41) is 13.7. The van der Waals surface area contributed by atoms with Crippen LogP contribution in [0.5, 0.6) is 11.6 Å². The highest BCUT2D eigenvalue weighted by molar-refractivity contribution is 5.63. The first kappa shape index (κ1) is 17.7. The molecule has 26 heavy (non-hydrogen) atoms. The molecule has 0 radical (unpaired) electrons. The van der Waals surface area contributed by atoms with Crippen LogP contribution in [0, 0.1) is 0 Å². The second-order valence-electron chi connectivity index (χ2n) is 5.22. The lowest BCUT2D eigenvalue weighted by molar-refractivity contribution is -0.274. The Labute approximate surface area is 146 Å². The number of halogens is 3. The lowest BCUT2D eigenvalue weighted by Gasteiger charge is -2.10. The number of nitrogens with zero attached hydrogens (tertiary/aromatic N) is 3. The van der Waals surface area contributed by atoms with Gasteiger partial charge in [-0.25, -0.2) is 9.67 Å². The van der Waals surface area contributed by atoms with Crippen molar-refractivity contribution in [2.24, 2.45) is 0 Å². The summed E-state index contributed by atoms with van der Waals surface area (Å²) in [6, 6.07) is 10.4. The number of hydrogen-bond acceptors (Lipinski definition) is 5. The third-order valence-electron chi connectivity index (χ3n) is 3.48. The molecule has 0 amide bonds. The van der Waals surface area contributed by atoms with Gasteiger partial charge in [0.2, 0.25) is 5.88 Å². The molecule has 0 saturated heterocycles. The average Bonchev–Trinajstić information content (AvgIpc) is 3.05. The Balaban J connectivity index is 1.97. The van der Waals surface area contributed by atoms with E-state index >= 15 is 0 Å². The molecule has 2 heterocycles. The standard InChI is InChI=1S/C17H14F3N3O3/c1-25-16-7-4-13(9-21-16)23-15(8-12(10-24)22-23)11-2-5-14(6-3-11)26-17(18,19)20/h2-9,24H,10H2,1H3. The third-order valence-corrected chi connectivity index (χ3v) is 3.48. The Bertz CT molecular complexity index is 875. The first-order chi connectivity index (χ1) is 12.4. The number of benzene rings is 1. The van der Waals surface area contributed by atoms with Crippen LogP contribution in [-0.2, 0) is 6.61 Å². The number of aliphatic hydroxyl groups is 1. The Hall–Kier alpha value is -3.07. The number of hydrogen-bond donors (Lipinski definition) is 1. The van der Waals surface area contributed by atoms with E-state index in [2.05, 4.69) is 14.8 Å². The molecule has 0 saturated carbocycles. The van der Waals surface area contributed by atoms with E-state index < -0.39 is 6.36 Å². The molecule has 9 heteroatoms. The molecule has 0 aliphatic rings. The van der Waals surface area contributed by atoms with Gasteiger partial charge in [0.15, 0.2) is 0 Å². The zero-order valence-electron chi connectivity index (χ0n) is 13.6. The molecule has 0 aliphatic carbocycles. The van der Waals surface area contributed by atoms with Gasteiger partial charge >= 0.3 is 6.36 Å². The number of pyridine rings is 1. The van der Waals surface area contributed by atoms with Crippen molar-refractivity contribution in [3.63, 3.8) is 0 Å². The Kier molecular flexibility index (Phi) is 4.81. The van der Waals surface area contributed by atoms with E-state index in [9.17, 15) is 18.3 Å². The van der Waals surface area contributed by atoms with E-state index in [0.717, 1.165) is 0 Å². The molecule has 1 aromatic carbocycles. The zero-order chi connectivity index (χ0) is 18.7. The number of aromatic nitrogens is 3. The molecular weight excluding hydrogens is 351 g/mol. The van der Waals surface area contributed by atoms with Gasteiger partial charge in [0.05, 0.1) is 37.0 Å². The molecule has 1 N–H and O–H groups in total. The van der Waals surface area contributed by atoms with Gasteiger partial charge in [-0.2, -0.15) is 5.10 Å². The predicted octanol–water partition coefficient (Wildman–Crippen LogP) is 3.33. The van der Waals surface area contributed by atoms with Gasteiger partial charge in [0.1, 0.15) is 5.75 Å². The Morgan fingerprint density at radius 2 is 1.85 bits per heavy atom. The van der Waals surface area contributed by atoms with Gasteiger partial charge in [-0.1, -0.05) is 0 Å². The minimum atomic E-state index is -4.75. The summed E-state index contributed by atoms with van der Waals surface area (Å²) in [7, 11) is 1.50. The number of methoxy groups -OCH3 is 1. The van der Waals surface area contributed by atoms with Gasteiger partial charge in [0, 0.05) is 11.6 Å². The van der Waals surface area contributed by atoms with Crippen molar-refractivity contribution in [2.75, 3.05) is 7.11 Å². The fourth-order valence-corrected chi connectivity index (χ4v) is 2.36. The van der Waals surface area contributed by atoms with Crippen molar-refractivity contribution in [3.05, 3.63) is 54.4 Å². The quantitative estimate of drug-likeness (QED) is 0.751. The largest absolute Gasteiger partial charge is 0.573 e. The van der Waals surface area contributed by atoms with Crippen LogP contribution in [0.4, 0.5) is 13.2 Å². The highest BCUT2D eigenvalue weighted by atomic mass is 19.4. The monoisotopic (exact) mass is 365 g/mol. The van der Waals surface area contributed by atoms with Gasteiger partial charge < -0.3 is 14.6 Å². The number of ether oxygens (including phenoxy) is 2. The summed E-state index contributed by atoms with van der Waals surface area (Å²) in [6.07, 6.45) is -3.21. The highest BCUT2D eigenvalue weighted by Crippen LogP contribution is 2.28. The van der Waals surface area contributed by atoms with E-state index in [-0.39, 0.29) is 12.4 Å². The van der Waals surface area contributed by atoms with Crippen LogP contribution in [0.15, 0.2) is 48.7 Å². The number of rotatable bonds is 5. The summed E-state index contributed by atoms with van der Waals surface area (Å²) in [5.41, 5.74) is 2.20. The van der Waals surface area contributed by atoms with E-state index in [4.69, 9.17) is 4.74 Å². The fourth-order valence-electron chi connectivity index (χ4n) is 2.36. The maximum Gasteiger partial charge on any atom is 0.573 e. The lowest BCUT2D eigenvalue weighted by atomic mass is 10.1. The Morgan fingerprint density at radius 1 is 1.12 bits per heavy atom. The lowest BCUT2D eigenvalue weighted by Crippen LogP contribution is -2.16. The van der Waals surface area contributed by atoms with Crippen molar-refractivity contribution in [3.8, 4) is 28.6 Å². The Morgan fingerprint density at radius 3 is 2.38 bits per heavy atom. The van der Waals surface area contributed by atoms with Crippen LogP contribution < -0.4 is 9.47 Å². The van der Waals surface area contributed by atoms with Crippen molar-refractivity contribution in [1.82, 2.24) is 14.8 Å². The van der Waals surface area contributed by atoms with Crippen LogP contribution in [0.25, 0.3) is 16.9 Å². The van der Waals surface area contributed by atoms with E-state index in [1.807, 2.05) is 0 Å². The molecule has 136 valence electrons. The maximum atomic E-state index is 12.3. The fraction of sp³-hybridized carbons (Fsp3) is 0.176. The molecular formula is C17H14F3N3O3. The minimum Gasteiger partial charge on any atom is -0.481 e. The smallest absolute Gasteiger partial charge is 0.481 e. The molecule has 0 aliphatic heterocycles. The SMILES string of the molecule is COc1ccc(-n2nc(CO)cc2-c2ccc(OC(F)(F)F)cc2)cn1. The van der Waals surface area contributed by atoms with Crippen molar-refractivity contribution in [1.29, 1.82) is 0 Å². The summed E-state index contributed by atoms with van der Waals surface area (Å²) in [4.78, 5) is 4.11. The average molecular weight is 365 g/mol. The minimum absolute atomic E-state index is 0.279. The van der Waals surface area contributed by atoms with Crippen LogP contribution in [0.3, 0.4) is 0 Å². The first-order valence-corrected chi connectivity index (χ1v) is 7.46. The molecule has 6 nitrogen and oxygen atoms in total. The second-order valence-corrected chi connectivity index (χ2v) is 5.22. The van der Waals surface area contributed by atoms with E-state index in [1.54, 1.807) is 18.2 Å². The first-order valence-electron chi connectivity index (χ1n) is 7.46. The summed E-state index contributed by atoms with van der Waals surface area (Å²) in [5.74, 6) is 0.110. The van der Waals surface area contributed by atoms with Crippen LogP contribution in [0.2, 0.25) is 0 Å². The van der Waals surface area contributed by atoms with Crippen molar-refractivity contribution < 1.29 is 27.8 Å². The molecule has 2 aromatic heterocycles. The summed E-state index contributed by atoms with van der Waals surface area (Å²) < 4.78 is 47.3. The van der Waals surface area contributed by atoms with Crippen LogP contribution >= 0.6 is 0 Å². The summed E-state index contributed by atoms with van der Waals surface area (Å²) in [6.45, 7) is -0.279. The number of alkyl halides is 3. The van der Waals surface area contributed by atoms with Crippen LogP contribution in [0.1, 0.15) is 5.69 Å². The normalized spacial score (nSPS) is 11.4. The number of aliphatic hydroxyl groups excluding tert-OH is 1. The van der Waals surface area contributed by atoms with Gasteiger partial charge in [0.25, 0.3) is 0 Å². The van der Waals surface area contributed by atoms with Gasteiger partial charge in [-0.05, 0) is 36.4 Å². The highest BCUT2D eigenvalue weighted by Gasteiger charge is 2.31. The third kappa shape index (κ3) is 3.94. The molecule has 0 fully saturated rings. The predicted molar refractivity (Wildman–Crippen MR) is 86.0 cm³/mol. The van der Waals surface area contributed by atoms with Crippen molar-refractivity contribution in [2.45, 2.75) is 13.0 Å². The second kappa shape index (κ2) is 7.04. The van der Waals surface area contributed by atoms with Gasteiger partial charge in [-0.15, -0.1) is 13.2 Å². The topological polar surface area (TPSA) is 69.4 Å². The van der Waals surface area contributed by atoms with E-state index in [1.165, 1.54) is 42.3 Å². The maximum absolute atomic E-state index is 12.3. The molecule has 0 spiro atoms. The molecule has 0 atom stereocenters. The molecule has 0 bridgehead atoms. The zero-order valence-corrected chi connectivity index (χ0v) is 13.6. The molecule has 0 unspecified atom stereocenters. The molecule has 3 rings (SSSR count). The molecule has 3 aromatic rings. The van der Waals surface area contributed by atoms with Gasteiger partial charge in [-0.3, -0.25) is 0 Å². The van der Waals surface area contributed by atoms with Crippen molar-refractivity contribution >= 4 is 0 Å². The van der Waals surface area contributed by atoms with E-state index in [0.29, 0.717) is 28.5 Å².